The second-order valence-corrected chi connectivity index (χ2v) is 6.38. The Balaban J connectivity index is 1.90. The highest BCUT2D eigenvalue weighted by molar-refractivity contribution is 5.33. The maximum absolute atomic E-state index is 11.2. The summed E-state index contributed by atoms with van der Waals surface area (Å²) in [6.45, 7) is 4.14. The normalized spacial score (nSPS) is 29.5. The zero-order chi connectivity index (χ0) is 17.3. The third kappa shape index (κ3) is 2.76. The molecule has 0 amide bonds. The largest absolute Gasteiger partial charge is 0.497 e. The van der Waals surface area contributed by atoms with Crippen LogP contribution in [0.25, 0.3) is 0 Å². The van der Waals surface area contributed by atoms with Crippen LogP contribution in [0.5, 0.6) is 11.5 Å². The van der Waals surface area contributed by atoms with Gasteiger partial charge in [0.05, 0.1) is 20.3 Å². The predicted molar refractivity (Wildman–Crippen MR) is 92.0 cm³/mol. The van der Waals surface area contributed by atoms with Gasteiger partial charge in [0.1, 0.15) is 11.5 Å². The first kappa shape index (κ1) is 16.8. The van der Waals surface area contributed by atoms with Crippen molar-refractivity contribution in [3.05, 3.63) is 59.7 Å². The monoisotopic (exact) mass is 328 g/mol. The molecule has 1 saturated heterocycles. The lowest BCUT2D eigenvalue weighted by molar-refractivity contribution is -0.220. The standard InChI is InChI=1S/C20H24O4/c1-13-14(2)20(21,16-7-11-18(23-4)12-8-16)24-19(13)15-5-9-17(22-3)10-6-15/h5-14,19,21H,1-4H3/t13-,14-,19-,20?/m0/s1. The van der Waals surface area contributed by atoms with Gasteiger partial charge in [-0.2, -0.15) is 0 Å². The Labute approximate surface area is 143 Å². The van der Waals surface area contributed by atoms with Crippen molar-refractivity contribution >= 4 is 0 Å². The number of aliphatic hydroxyl groups is 1. The molecule has 1 aliphatic rings. The summed E-state index contributed by atoms with van der Waals surface area (Å²) in [5.74, 6) is 0.384. The van der Waals surface area contributed by atoms with Crippen LogP contribution < -0.4 is 9.47 Å². The lowest BCUT2D eigenvalue weighted by atomic mass is 9.83. The van der Waals surface area contributed by atoms with E-state index >= 15 is 0 Å². The maximum Gasteiger partial charge on any atom is 0.196 e. The molecule has 1 N–H and O–H groups in total. The number of hydrogen-bond donors (Lipinski definition) is 1. The summed E-state index contributed by atoms with van der Waals surface area (Å²) in [5.41, 5.74) is 1.79. The average molecular weight is 328 g/mol. The van der Waals surface area contributed by atoms with Gasteiger partial charge in [-0.3, -0.25) is 0 Å². The fraction of sp³-hybridized carbons (Fsp3) is 0.400. The van der Waals surface area contributed by atoms with E-state index in [0.29, 0.717) is 0 Å². The molecule has 1 aliphatic heterocycles. The number of methoxy groups -OCH3 is 2. The lowest BCUT2D eigenvalue weighted by Gasteiger charge is -2.28. The number of hydrogen-bond acceptors (Lipinski definition) is 4. The van der Waals surface area contributed by atoms with Crippen LogP contribution in [0.15, 0.2) is 48.5 Å². The van der Waals surface area contributed by atoms with Crippen molar-refractivity contribution < 1.29 is 19.3 Å². The number of rotatable bonds is 4. The maximum atomic E-state index is 11.2. The van der Waals surface area contributed by atoms with Crippen molar-refractivity contribution in [2.45, 2.75) is 25.7 Å². The van der Waals surface area contributed by atoms with Crippen LogP contribution in [0.3, 0.4) is 0 Å². The predicted octanol–water partition coefficient (Wildman–Crippen LogP) is 3.89. The zero-order valence-corrected chi connectivity index (χ0v) is 14.5. The molecule has 0 bridgehead atoms. The minimum absolute atomic E-state index is 0.0435. The van der Waals surface area contributed by atoms with E-state index in [2.05, 4.69) is 6.92 Å². The molecule has 1 heterocycles. The molecule has 4 atom stereocenters. The van der Waals surface area contributed by atoms with Crippen molar-refractivity contribution in [3.63, 3.8) is 0 Å². The Bertz CT molecular complexity index is 680. The van der Waals surface area contributed by atoms with Crippen LogP contribution in [-0.2, 0) is 10.5 Å². The number of ether oxygens (including phenoxy) is 3. The summed E-state index contributed by atoms with van der Waals surface area (Å²) in [6, 6.07) is 15.2. The second kappa shape index (κ2) is 6.46. The average Bonchev–Trinajstić information content (AvgIpc) is 2.87. The van der Waals surface area contributed by atoms with Crippen LogP contribution in [0.1, 0.15) is 31.1 Å². The second-order valence-electron chi connectivity index (χ2n) is 6.38. The van der Waals surface area contributed by atoms with Crippen LogP contribution in [0, 0.1) is 11.8 Å². The Morgan fingerprint density at radius 2 is 1.38 bits per heavy atom. The highest BCUT2D eigenvalue weighted by Crippen LogP contribution is 2.51. The van der Waals surface area contributed by atoms with Gasteiger partial charge >= 0.3 is 0 Å². The first-order valence-corrected chi connectivity index (χ1v) is 8.18. The third-order valence-corrected chi connectivity index (χ3v) is 5.14. The van der Waals surface area contributed by atoms with E-state index in [9.17, 15) is 5.11 Å². The Hall–Kier alpha value is -2.04. The summed E-state index contributed by atoms with van der Waals surface area (Å²) in [5, 5.41) is 11.2. The Morgan fingerprint density at radius 1 is 0.875 bits per heavy atom. The fourth-order valence-electron chi connectivity index (χ4n) is 3.35. The fourth-order valence-corrected chi connectivity index (χ4v) is 3.35. The molecule has 2 aromatic carbocycles. The van der Waals surface area contributed by atoms with E-state index < -0.39 is 5.79 Å². The quantitative estimate of drug-likeness (QED) is 0.925. The Kier molecular flexibility index (Phi) is 4.52. The molecular formula is C20H24O4. The van der Waals surface area contributed by atoms with Crippen molar-refractivity contribution in [2.75, 3.05) is 14.2 Å². The molecule has 24 heavy (non-hydrogen) atoms. The molecule has 128 valence electrons. The van der Waals surface area contributed by atoms with E-state index in [0.717, 1.165) is 22.6 Å². The van der Waals surface area contributed by atoms with Gasteiger partial charge in [0.2, 0.25) is 0 Å². The van der Waals surface area contributed by atoms with Crippen LogP contribution in [0.2, 0.25) is 0 Å². The first-order chi connectivity index (χ1) is 11.5. The van der Waals surface area contributed by atoms with E-state index in [1.54, 1.807) is 14.2 Å². The van der Waals surface area contributed by atoms with E-state index in [-0.39, 0.29) is 17.9 Å². The van der Waals surface area contributed by atoms with Crippen LogP contribution in [0.4, 0.5) is 0 Å². The molecule has 2 aromatic rings. The first-order valence-electron chi connectivity index (χ1n) is 8.18. The number of benzene rings is 2. The molecule has 0 aliphatic carbocycles. The summed E-state index contributed by atoms with van der Waals surface area (Å²) < 4.78 is 16.6. The van der Waals surface area contributed by atoms with Crippen LogP contribution >= 0.6 is 0 Å². The molecule has 0 spiro atoms. The molecule has 1 fully saturated rings. The summed E-state index contributed by atoms with van der Waals surface area (Å²) >= 11 is 0. The summed E-state index contributed by atoms with van der Waals surface area (Å²) in [6.07, 6.45) is -0.169. The van der Waals surface area contributed by atoms with Crippen LogP contribution in [-0.4, -0.2) is 19.3 Å². The van der Waals surface area contributed by atoms with Gasteiger partial charge in [-0.1, -0.05) is 26.0 Å². The van der Waals surface area contributed by atoms with Gasteiger partial charge in [0, 0.05) is 11.5 Å². The molecule has 4 nitrogen and oxygen atoms in total. The highest BCUT2D eigenvalue weighted by Gasteiger charge is 2.51. The van der Waals surface area contributed by atoms with E-state index in [4.69, 9.17) is 14.2 Å². The Morgan fingerprint density at radius 3 is 1.88 bits per heavy atom. The highest BCUT2D eigenvalue weighted by atomic mass is 16.6. The smallest absolute Gasteiger partial charge is 0.196 e. The van der Waals surface area contributed by atoms with Crippen molar-refractivity contribution in [1.82, 2.24) is 0 Å². The topological polar surface area (TPSA) is 47.9 Å². The van der Waals surface area contributed by atoms with Gasteiger partial charge < -0.3 is 19.3 Å². The minimum Gasteiger partial charge on any atom is -0.497 e. The SMILES string of the molecule is COc1ccc([C@H]2OC(O)(c3ccc(OC)cc3)[C@@H](C)[C@@H]2C)cc1. The molecule has 0 saturated carbocycles. The van der Waals surface area contributed by atoms with Crippen molar-refractivity contribution in [1.29, 1.82) is 0 Å². The molecular weight excluding hydrogens is 304 g/mol. The minimum atomic E-state index is -1.31. The molecule has 1 unspecified atom stereocenters. The molecule has 0 aromatic heterocycles. The van der Waals surface area contributed by atoms with Gasteiger partial charge in [-0.25, -0.2) is 0 Å². The van der Waals surface area contributed by atoms with E-state index in [1.165, 1.54) is 0 Å². The van der Waals surface area contributed by atoms with Gasteiger partial charge in [-0.15, -0.1) is 0 Å². The van der Waals surface area contributed by atoms with Gasteiger partial charge in [0.15, 0.2) is 5.79 Å². The third-order valence-electron chi connectivity index (χ3n) is 5.14. The molecule has 3 rings (SSSR count). The lowest BCUT2D eigenvalue weighted by Crippen LogP contribution is -2.31. The van der Waals surface area contributed by atoms with Crippen molar-refractivity contribution in [2.24, 2.45) is 11.8 Å². The molecule has 0 radical (unpaired) electrons. The van der Waals surface area contributed by atoms with Gasteiger partial charge in [0.25, 0.3) is 0 Å². The van der Waals surface area contributed by atoms with Crippen molar-refractivity contribution in [3.8, 4) is 11.5 Å². The zero-order valence-electron chi connectivity index (χ0n) is 14.5. The summed E-state index contributed by atoms with van der Waals surface area (Å²) in [4.78, 5) is 0. The molecule has 4 heteroatoms. The van der Waals surface area contributed by atoms with Gasteiger partial charge in [-0.05, 0) is 47.9 Å². The van der Waals surface area contributed by atoms with E-state index in [1.807, 2.05) is 55.5 Å². The summed E-state index contributed by atoms with van der Waals surface area (Å²) in [7, 11) is 3.27.